The lowest BCUT2D eigenvalue weighted by atomic mass is 10.2. The van der Waals surface area contributed by atoms with Crippen LogP contribution in [0.15, 0.2) is 18.2 Å². The van der Waals surface area contributed by atoms with Crippen molar-refractivity contribution in [3.63, 3.8) is 0 Å². The van der Waals surface area contributed by atoms with E-state index in [1.165, 1.54) is 26.0 Å². The average Bonchev–Trinajstić information content (AvgIpc) is 3.23. The summed E-state index contributed by atoms with van der Waals surface area (Å²) in [7, 11) is 1.53. The molecule has 0 bridgehead atoms. The van der Waals surface area contributed by atoms with E-state index in [-0.39, 0.29) is 5.82 Å². The number of hydrogen-bond acceptors (Lipinski definition) is 3. The quantitative estimate of drug-likeness (QED) is 0.795. The molecular weight excluding hydrogens is 295 g/mol. The van der Waals surface area contributed by atoms with Crippen LogP contribution in [0.3, 0.4) is 0 Å². The molecule has 1 atom stereocenters. The van der Waals surface area contributed by atoms with E-state index in [0.29, 0.717) is 29.1 Å². The minimum absolute atomic E-state index is 0.310. The van der Waals surface area contributed by atoms with Crippen molar-refractivity contribution in [1.29, 1.82) is 0 Å². The Balaban J connectivity index is 1.88. The van der Waals surface area contributed by atoms with Crippen molar-refractivity contribution in [2.45, 2.75) is 32.7 Å². The molecule has 23 heavy (non-hydrogen) atoms. The number of nitrogens with zero attached hydrogens (tertiary/aromatic N) is 3. The smallest absolute Gasteiger partial charge is 0.177 e. The molecule has 0 saturated heterocycles. The second-order valence-corrected chi connectivity index (χ2v) is 6.21. The lowest BCUT2D eigenvalue weighted by Crippen LogP contribution is -2.09. The number of benzene rings is 1. The van der Waals surface area contributed by atoms with Gasteiger partial charge in [-0.05, 0) is 44.7 Å². The number of fused-ring (bicyclic) bond motifs is 1. The first-order valence-corrected chi connectivity index (χ1v) is 7.88. The van der Waals surface area contributed by atoms with E-state index in [0.717, 1.165) is 16.9 Å². The highest BCUT2D eigenvalue weighted by molar-refractivity contribution is 5.80. The Hall–Kier alpha value is -2.37. The number of aromatic amines is 1. The molecule has 1 N–H and O–H groups in total. The first kappa shape index (κ1) is 14.2. The molecule has 1 aliphatic rings. The summed E-state index contributed by atoms with van der Waals surface area (Å²) < 4.78 is 21.5. The van der Waals surface area contributed by atoms with Gasteiger partial charge in [0.25, 0.3) is 0 Å². The van der Waals surface area contributed by atoms with Gasteiger partial charge in [0.15, 0.2) is 5.65 Å². The number of methoxy groups -OCH3 is 1. The van der Waals surface area contributed by atoms with Gasteiger partial charge in [-0.1, -0.05) is 6.07 Å². The van der Waals surface area contributed by atoms with Crippen molar-refractivity contribution < 1.29 is 9.13 Å². The number of aromatic nitrogens is 4. The van der Waals surface area contributed by atoms with E-state index in [1.54, 1.807) is 12.1 Å². The van der Waals surface area contributed by atoms with Gasteiger partial charge in [0, 0.05) is 0 Å². The van der Waals surface area contributed by atoms with Crippen LogP contribution >= 0.6 is 0 Å². The molecule has 3 aromatic rings. The van der Waals surface area contributed by atoms with Gasteiger partial charge in [-0.3, -0.25) is 0 Å². The molecule has 6 heteroatoms. The third-order valence-electron chi connectivity index (χ3n) is 4.64. The highest BCUT2D eigenvalue weighted by Crippen LogP contribution is 2.41. The summed E-state index contributed by atoms with van der Waals surface area (Å²) in [5.41, 5.74) is 2.87. The Labute approximate surface area is 133 Å². The third kappa shape index (κ3) is 2.20. The van der Waals surface area contributed by atoms with Crippen LogP contribution < -0.4 is 4.74 Å². The summed E-state index contributed by atoms with van der Waals surface area (Å²) in [5.74, 6) is 1.26. The van der Waals surface area contributed by atoms with Crippen molar-refractivity contribution in [3.05, 3.63) is 29.7 Å². The SMILES string of the molecule is COc1cccc(F)c1-c1nc2c([nH]1)c(C)nn2[C@@H](C)C1CC1. The second-order valence-electron chi connectivity index (χ2n) is 6.21. The van der Waals surface area contributed by atoms with Crippen molar-refractivity contribution >= 4 is 11.2 Å². The predicted molar refractivity (Wildman–Crippen MR) is 86.0 cm³/mol. The molecule has 0 spiro atoms. The second kappa shape index (κ2) is 5.08. The molecule has 0 radical (unpaired) electrons. The molecule has 0 unspecified atom stereocenters. The Bertz CT molecular complexity index is 878. The molecule has 0 aliphatic heterocycles. The number of imidazole rings is 1. The summed E-state index contributed by atoms with van der Waals surface area (Å²) in [5, 5.41) is 4.61. The molecule has 2 heterocycles. The van der Waals surface area contributed by atoms with E-state index in [2.05, 4.69) is 22.0 Å². The van der Waals surface area contributed by atoms with Gasteiger partial charge in [0.1, 0.15) is 22.9 Å². The van der Waals surface area contributed by atoms with Gasteiger partial charge < -0.3 is 9.72 Å². The van der Waals surface area contributed by atoms with Crippen molar-refractivity contribution in [2.24, 2.45) is 5.92 Å². The molecular formula is C17H19FN4O. The van der Waals surface area contributed by atoms with Gasteiger partial charge in [0.05, 0.1) is 24.4 Å². The normalized spacial score (nSPS) is 16.0. The van der Waals surface area contributed by atoms with Crippen LogP contribution in [-0.2, 0) is 0 Å². The first-order valence-electron chi connectivity index (χ1n) is 7.88. The van der Waals surface area contributed by atoms with Crippen LogP contribution in [0.1, 0.15) is 31.5 Å². The fourth-order valence-electron chi connectivity index (χ4n) is 3.13. The standard InChI is InChI=1S/C17H19FN4O/c1-9-15-17(22(21-9)10(2)11-7-8-11)20-16(19-15)14-12(18)5-4-6-13(14)23-3/h4-6,10-11H,7-8H2,1-3H3,(H,19,20)/t10-/m0/s1. The van der Waals surface area contributed by atoms with Crippen molar-refractivity contribution in [1.82, 2.24) is 19.7 Å². The molecule has 1 aliphatic carbocycles. The lowest BCUT2D eigenvalue weighted by molar-refractivity contribution is 0.413. The number of ether oxygens (including phenoxy) is 1. The first-order chi connectivity index (χ1) is 11.1. The molecule has 120 valence electrons. The monoisotopic (exact) mass is 314 g/mol. The lowest BCUT2D eigenvalue weighted by Gasteiger charge is -2.10. The predicted octanol–water partition coefficient (Wildman–Crippen LogP) is 3.85. The van der Waals surface area contributed by atoms with Crippen LogP contribution in [0.5, 0.6) is 5.75 Å². The van der Waals surface area contributed by atoms with E-state index in [1.807, 2.05) is 11.6 Å². The minimum atomic E-state index is -0.354. The van der Waals surface area contributed by atoms with Crippen LogP contribution in [0.4, 0.5) is 4.39 Å². The molecule has 1 saturated carbocycles. The summed E-state index contributed by atoms with van der Waals surface area (Å²) in [4.78, 5) is 7.85. The van der Waals surface area contributed by atoms with Crippen molar-refractivity contribution in [3.8, 4) is 17.1 Å². The third-order valence-corrected chi connectivity index (χ3v) is 4.64. The van der Waals surface area contributed by atoms with E-state index < -0.39 is 0 Å². The molecule has 0 amide bonds. The molecule has 1 fully saturated rings. The molecule has 4 rings (SSSR count). The number of hydrogen-bond donors (Lipinski definition) is 1. The zero-order chi connectivity index (χ0) is 16.1. The van der Waals surface area contributed by atoms with Gasteiger partial charge in [0.2, 0.25) is 0 Å². The Morgan fingerprint density at radius 3 is 2.87 bits per heavy atom. The van der Waals surface area contributed by atoms with Crippen molar-refractivity contribution in [2.75, 3.05) is 7.11 Å². The molecule has 1 aromatic carbocycles. The van der Waals surface area contributed by atoms with Gasteiger partial charge in [-0.15, -0.1) is 0 Å². The topological polar surface area (TPSA) is 55.7 Å². The Kier molecular flexibility index (Phi) is 3.14. The maximum atomic E-state index is 14.3. The van der Waals surface area contributed by atoms with Crippen LogP contribution in [0.25, 0.3) is 22.6 Å². The van der Waals surface area contributed by atoms with Gasteiger partial charge in [-0.25, -0.2) is 14.1 Å². The summed E-state index contributed by atoms with van der Waals surface area (Å²) in [6.07, 6.45) is 2.47. The highest BCUT2D eigenvalue weighted by atomic mass is 19.1. The summed E-state index contributed by atoms with van der Waals surface area (Å²) in [6, 6.07) is 5.08. The summed E-state index contributed by atoms with van der Waals surface area (Å²) >= 11 is 0. The number of nitrogens with one attached hydrogen (secondary N) is 1. The maximum absolute atomic E-state index is 14.3. The zero-order valence-corrected chi connectivity index (χ0v) is 13.4. The largest absolute Gasteiger partial charge is 0.496 e. The maximum Gasteiger partial charge on any atom is 0.177 e. The van der Waals surface area contributed by atoms with Crippen LogP contribution in [0, 0.1) is 18.7 Å². The average molecular weight is 314 g/mol. The molecule has 5 nitrogen and oxygen atoms in total. The zero-order valence-electron chi connectivity index (χ0n) is 13.4. The number of halogens is 1. The minimum Gasteiger partial charge on any atom is -0.496 e. The van der Waals surface area contributed by atoms with E-state index in [4.69, 9.17) is 4.74 Å². The number of H-pyrrole nitrogens is 1. The van der Waals surface area contributed by atoms with Crippen LogP contribution in [-0.4, -0.2) is 26.9 Å². The Morgan fingerprint density at radius 2 is 2.17 bits per heavy atom. The number of rotatable bonds is 4. The van der Waals surface area contributed by atoms with Gasteiger partial charge >= 0.3 is 0 Å². The van der Waals surface area contributed by atoms with E-state index in [9.17, 15) is 4.39 Å². The molecule has 2 aromatic heterocycles. The highest BCUT2D eigenvalue weighted by Gasteiger charge is 2.32. The fraction of sp³-hybridized carbons (Fsp3) is 0.412. The van der Waals surface area contributed by atoms with Crippen LogP contribution in [0.2, 0.25) is 0 Å². The van der Waals surface area contributed by atoms with Gasteiger partial charge in [-0.2, -0.15) is 5.10 Å². The fourth-order valence-corrected chi connectivity index (χ4v) is 3.13. The summed E-state index contributed by atoms with van der Waals surface area (Å²) in [6.45, 7) is 4.11. The Morgan fingerprint density at radius 1 is 1.39 bits per heavy atom. The van der Waals surface area contributed by atoms with E-state index >= 15 is 0 Å². The number of aryl methyl sites for hydroxylation is 1.